The van der Waals surface area contributed by atoms with Crippen LogP contribution in [0.25, 0.3) is 0 Å². The van der Waals surface area contributed by atoms with Crippen LogP contribution in [-0.2, 0) is 0 Å². The van der Waals surface area contributed by atoms with Crippen molar-refractivity contribution >= 4 is 5.82 Å². The smallest absolute Gasteiger partial charge is 0.168 e. The predicted molar refractivity (Wildman–Crippen MR) is 65.8 cm³/mol. The molecule has 88 valence electrons. The summed E-state index contributed by atoms with van der Waals surface area (Å²) in [6.45, 7) is 4.65. The van der Waals surface area contributed by atoms with Crippen molar-refractivity contribution < 1.29 is 4.74 Å². The quantitative estimate of drug-likeness (QED) is 0.850. The third-order valence-electron chi connectivity index (χ3n) is 3.30. The van der Waals surface area contributed by atoms with E-state index in [1.54, 1.807) is 13.3 Å². The molecule has 0 spiro atoms. The van der Waals surface area contributed by atoms with Gasteiger partial charge >= 0.3 is 0 Å². The van der Waals surface area contributed by atoms with Crippen molar-refractivity contribution in [3.8, 4) is 5.75 Å². The zero-order valence-electron chi connectivity index (χ0n) is 10.3. The Balaban J connectivity index is 2.04. The molecule has 16 heavy (non-hydrogen) atoms. The van der Waals surface area contributed by atoms with Gasteiger partial charge in [0.05, 0.1) is 7.11 Å². The molecule has 0 saturated heterocycles. The van der Waals surface area contributed by atoms with Crippen LogP contribution in [0.1, 0.15) is 33.1 Å². The molecule has 1 atom stereocenters. The molecule has 0 bridgehead atoms. The van der Waals surface area contributed by atoms with E-state index in [-0.39, 0.29) is 0 Å². The normalized spacial score (nSPS) is 23.1. The van der Waals surface area contributed by atoms with Gasteiger partial charge in [0.25, 0.3) is 0 Å². The van der Waals surface area contributed by atoms with E-state index in [0.717, 1.165) is 11.6 Å². The van der Waals surface area contributed by atoms with Gasteiger partial charge in [-0.05, 0) is 36.8 Å². The molecule has 1 unspecified atom stereocenters. The Labute approximate surface area is 97.2 Å². The maximum absolute atomic E-state index is 5.28. The number of nitrogens with zero attached hydrogens (tertiary/aromatic N) is 1. The van der Waals surface area contributed by atoms with Crippen molar-refractivity contribution in [2.24, 2.45) is 5.41 Å². The Kier molecular flexibility index (Phi) is 3.03. The third-order valence-corrected chi connectivity index (χ3v) is 3.30. The van der Waals surface area contributed by atoms with Gasteiger partial charge in [-0.3, -0.25) is 0 Å². The van der Waals surface area contributed by atoms with E-state index in [0.29, 0.717) is 11.5 Å². The van der Waals surface area contributed by atoms with Gasteiger partial charge in [-0.1, -0.05) is 13.8 Å². The Bertz CT molecular complexity index is 363. The van der Waals surface area contributed by atoms with Crippen LogP contribution in [0.2, 0.25) is 0 Å². The fourth-order valence-electron chi connectivity index (χ4n) is 2.42. The maximum Gasteiger partial charge on any atom is 0.168 e. The average molecular weight is 220 g/mol. The second-order valence-corrected chi connectivity index (χ2v) is 5.30. The SMILES string of the molecule is COc1cccnc1NC1CCC(C)(C)C1. The van der Waals surface area contributed by atoms with E-state index in [1.807, 2.05) is 12.1 Å². The topological polar surface area (TPSA) is 34.1 Å². The van der Waals surface area contributed by atoms with Crippen molar-refractivity contribution in [3.05, 3.63) is 18.3 Å². The Hall–Kier alpha value is -1.25. The summed E-state index contributed by atoms with van der Waals surface area (Å²) in [5, 5.41) is 3.48. The minimum Gasteiger partial charge on any atom is -0.493 e. The highest BCUT2D eigenvalue weighted by molar-refractivity contribution is 5.50. The van der Waals surface area contributed by atoms with Gasteiger partial charge in [-0.15, -0.1) is 0 Å². The molecular weight excluding hydrogens is 200 g/mol. The number of pyridine rings is 1. The summed E-state index contributed by atoms with van der Waals surface area (Å²) < 4.78 is 5.28. The first-order valence-corrected chi connectivity index (χ1v) is 5.86. The Morgan fingerprint density at radius 3 is 2.94 bits per heavy atom. The number of hydrogen-bond acceptors (Lipinski definition) is 3. The molecule has 1 aliphatic carbocycles. The zero-order valence-corrected chi connectivity index (χ0v) is 10.3. The summed E-state index contributed by atoms with van der Waals surface area (Å²) in [7, 11) is 1.68. The maximum atomic E-state index is 5.28. The summed E-state index contributed by atoms with van der Waals surface area (Å²) in [6.07, 6.45) is 5.49. The highest BCUT2D eigenvalue weighted by Crippen LogP contribution is 2.38. The van der Waals surface area contributed by atoms with Crippen molar-refractivity contribution in [3.63, 3.8) is 0 Å². The van der Waals surface area contributed by atoms with Crippen LogP contribution < -0.4 is 10.1 Å². The predicted octanol–water partition coefficient (Wildman–Crippen LogP) is 3.08. The first-order valence-electron chi connectivity index (χ1n) is 5.86. The van der Waals surface area contributed by atoms with Crippen LogP contribution in [0.3, 0.4) is 0 Å². The number of nitrogens with one attached hydrogen (secondary N) is 1. The van der Waals surface area contributed by atoms with Gasteiger partial charge in [0.1, 0.15) is 0 Å². The highest BCUT2D eigenvalue weighted by atomic mass is 16.5. The van der Waals surface area contributed by atoms with E-state index >= 15 is 0 Å². The standard InChI is InChI=1S/C13H20N2O/c1-13(2)7-6-10(9-13)15-12-11(16-3)5-4-8-14-12/h4-5,8,10H,6-7,9H2,1-3H3,(H,14,15). The summed E-state index contributed by atoms with van der Waals surface area (Å²) in [5.74, 6) is 1.69. The molecule has 0 amide bonds. The Morgan fingerprint density at radius 2 is 2.31 bits per heavy atom. The minimum absolute atomic E-state index is 0.458. The average Bonchev–Trinajstić information content (AvgIpc) is 2.59. The van der Waals surface area contributed by atoms with Crippen molar-refractivity contribution in [2.45, 2.75) is 39.2 Å². The van der Waals surface area contributed by atoms with E-state index < -0.39 is 0 Å². The molecule has 1 aromatic heterocycles. The van der Waals surface area contributed by atoms with E-state index in [9.17, 15) is 0 Å². The molecule has 3 heteroatoms. The van der Waals surface area contributed by atoms with Gasteiger partial charge in [0.15, 0.2) is 11.6 Å². The second kappa shape index (κ2) is 4.32. The fraction of sp³-hybridized carbons (Fsp3) is 0.615. The molecule has 1 aliphatic rings. The van der Waals surface area contributed by atoms with Gasteiger partial charge < -0.3 is 10.1 Å². The van der Waals surface area contributed by atoms with Crippen LogP contribution in [0.15, 0.2) is 18.3 Å². The number of aromatic nitrogens is 1. The molecule has 0 aliphatic heterocycles. The molecule has 1 aromatic rings. The molecule has 2 rings (SSSR count). The lowest BCUT2D eigenvalue weighted by atomic mass is 9.92. The van der Waals surface area contributed by atoms with Crippen LogP contribution in [-0.4, -0.2) is 18.1 Å². The number of rotatable bonds is 3. The summed E-state index contributed by atoms with van der Waals surface area (Å²) in [4.78, 5) is 4.32. The first-order chi connectivity index (χ1) is 7.61. The number of anilines is 1. The summed E-state index contributed by atoms with van der Waals surface area (Å²) >= 11 is 0. The molecule has 0 radical (unpaired) electrons. The summed E-state index contributed by atoms with van der Waals surface area (Å²) in [5.41, 5.74) is 0.458. The number of methoxy groups -OCH3 is 1. The zero-order chi connectivity index (χ0) is 11.6. The lowest BCUT2D eigenvalue weighted by Gasteiger charge is -2.19. The van der Waals surface area contributed by atoms with E-state index in [1.165, 1.54) is 19.3 Å². The van der Waals surface area contributed by atoms with Crippen molar-refractivity contribution in [1.82, 2.24) is 4.98 Å². The van der Waals surface area contributed by atoms with Gasteiger partial charge in [-0.2, -0.15) is 0 Å². The van der Waals surface area contributed by atoms with Gasteiger partial charge in [0.2, 0.25) is 0 Å². The molecule has 1 N–H and O–H groups in total. The van der Waals surface area contributed by atoms with Gasteiger partial charge in [-0.25, -0.2) is 4.98 Å². The van der Waals surface area contributed by atoms with Crippen LogP contribution in [0.5, 0.6) is 5.75 Å². The van der Waals surface area contributed by atoms with E-state index in [4.69, 9.17) is 4.74 Å². The molecule has 0 aromatic carbocycles. The minimum atomic E-state index is 0.458. The number of hydrogen-bond donors (Lipinski definition) is 1. The molecule has 3 nitrogen and oxygen atoms in total. The van der Waals surface area contributed by atoms with Crippen LogP contribution in [0.4, 0.5) is 5.82 Å². The van der Waals surface area contributed by atoms with Crippen LogP contribution in [0, 0.1) is 5.41 Å². The molecule has 1 heterocycles. The van der Waals surface area contributed by atoms with Crippen molar-refractivity contribution in [2.75, 3.05) is 12.4 Å². The fourth-order valence-corrected chi connectivity index (χ4v) is 2.42. The Morgan fingerprint density at radius 1 is 1.50 bits per heavy atom. The monoisotopic (exact) mass is 220 g/mol. The lowest BCUT2D eigenvalue weighted by molar-refractivity contribution is 0.378. The van der Waals surface area contributed by atoms with Gasteiger partial charge in [0, 0.05) is 12.2 Å². The number of ether oxygens (including phenoxy) is 1. The largest absolute Gasteiger partial charge is 0.493 e. The highest BCUT2D eigenvalue weighted by Gasteiger charge is 2.31. The third kappa shape index (κ3) is 2.46. The van der Waals surface area contributed by atoms with E-state index in [2.05, 4.69) is 24.1 Å². The van der Waals surface area contributed by atoms with Crippen LogP contribution >= 0.6 is 0 Å². The molecule has 1 saturated carbocycles. The van der Waals surface area contributed by atoms with Crippen molar-refractivity contribution in [1.29, 1.82) is 0 Å². The first kappa shape index (κ1) is 11.2. The molecular formula is C13H20N2O. The lowest BCUT2D eigenvalue weighted by Crippen LogP contribution is -2.18. The second-order valence-electron chi connectivity index (χ2n) is 5.30. The summed E-state index contributed by atoms with van der Waals surface area (Å²) in [6, 6.07) is 4.36. The molecule has 1 fully saturated rings.